The maximum Gasteiger partial charge on any atom is 0.314 e. The van der Waals surface area contributed by atoms with Crippen LogP contribution in [-0.2, 0) is 18.9 Å². The van der Waals surface area contributed by atoms with Gasteiger partial charge in [-0.3, -0.25) is 18.9 Å². The highest BCUT2D eigenvalue weighted by molar-refractivity contribution is 7.30. The topological polar surface area (TPSA) is 169 Å². The van der Waals surface area contributed by atoms with E-state index < -0.39 is 26.2 Å². The van der Waals surface area contributed by atoms with Gasteiger partial charge < -0.3 is 25.1 Å². The smallest absolute Gasteiger partial charge is 0.314 e. The predicted octanol–water partition coefficient (Wildman–Crippen LogP) is -0.367. The fraction of sp³-hybridized carbons (Fsp3) is 0.500. The molecule has 5 N–H and O–H groups in total. The van der Waals surface area contributed by atoms with E-state index in [1.54, 1.807) is 0 Å². The van der Waals surface area contributed by atoms with E-state index >= 15 is 0 Å². The van der Waals surface area contributed by atoms with Crippen molar-refractivity contribution < 1.29 is 44.1 Å². The van der Waals surface area contributed by atoms with Crippen LogP contribution in [0.15, 0.2) is 0 Å². The van der Waals surface area contributed by atoms with Gasteiger partial charge in [-0.2, -0.15) is 0 Å². The van der Waals surface area contributed by atoms with Gasteiger partial charge in [-0.1, -0.05) is 0 Å². The molecule has 9 nitrogen and oxygen atoms in total. The second-order valence-corrected chi connectivity index (χ2v) is 2.40. The highest BCUT2D eigenvalue weighted by Crippen LogP contribution is 1.98. The fourth-order valence-corrected chi connectivity index (χ4v) is 0. The predicted molar refractivity (Wildman–Crippen MR) is 53.4 cm³/mol. The maximum absolute atomic E-state index is 9.00. The van der Waals surface area contributed by atoms with Crippen molar-refractivity contribution in [3.63, 3.8) is 0 Å². The van der Waals surface area contributed by atoms with Crippen molar-refractivity contribution in [3.05, 3.63) is 0 Å². The van der Waals surface area contributed by atoms with Crippen molar-refractivity contribution >= 4 is 26.2 Å². The molecule has 0 saturated heterocycles. The first-order valence-electron chi connectivity index (χ1n) is 3.43. The van der Waals surface area contributed by atoms with Crippen LogP contribution in [0.1, 0.15) is 20.8 Å². The van der Waals surface area contributed by atoms with E-state index in [9.17, 15) is 0 Å². The molecular weight excluding hydrogens is 247 g/mol. The second-order valence-electron chi connectivity index (χ2n) is 1.84. The largest absolute Gasteiger partial charge is 0.481 e. The zero-order valence-corrected chi connectivity index (χ0v) is 9.87. The highest BCUT2D eigenvalue weighted by atomic mass is 31.1. The lowest BCUT2D eigenvalue weighted by Crippen LogP contribution is -1.78. The molecule has 0 aromatic rings. The first kappa shape index (κ1) is 24.0. The Morgan fingerprint density at radius 3 is 0.750 bits per heavy atom. The molecule has 0 aliphatic heterocycles. The minimum Gasteiger partial charge on any atom is -0.481 e. The van der Waals surface area contributed by atoms with Crippen LogP contribution in [0.2, 0.25) is 0 Å². The Bertz CT molecular complexity index is 160. The monoisotopic (exact) mass is 262 g/mol. The molecule has 0 heterocycles. The first-order valence-corrected chi connectivity index (χ1v) is 4.74. The van der Waals surface area contributed by atoms with Crippen LogP contribution < -0.4 is 0 Å². The van der Waals surface area contributed by atoms with E-state index in [4.69, 9.17) is 44.1 Å². The summed E-state index contributed by atoms with van der Waals surface area (Å²) in [4.78, 5) is 41.3. The molecular formula is C6H15O9P. The Morgan fingerprint density at radius 1 is 0.750 bits per heavy atom. The summed E-state index contributed by atoms with van der Waals surface area (Å²) in [5.74, 6) is -2.50. The van der Waals surface area contributed by atoms with Crippen molar-refractivity contribution in [1.82, 2.24) is 0 Å². The molecule has 0 aromatic heterocycles. The molecule has 0 radical (unpaired) electrons. The van der Waals surface area contributed by atoms with Gasteiger partial charge in [-0.05, 0) is 0 Å². The van der Waals surface area contributed by atoms with E-state index in [2.05, 4.69) is 0 Å². The Kier molecular flexibility index (Phi) is 28.8. The SMILES string of the molecule is CC(=O)O.CC(=O)O.CC(=O)O.O=[PH](O)O. The molecule has 98 valence electrons. The summed E-state index contributed by atoms with van der Waals surface area (Å²) in [5.41, 5.74) is 0. The van der Waals surface area contributed by atoms with Gasteiger partial charge in [0, 0.05) is 20.8 Å². The molecule has 0 aliphatic rings. The van der Waals surface area contributed by atoms with Crippen LogP contribution in [-0.4, -0.2) is 43.0 Å². The number of hydrogen-bond donors (Lipinski definition) is 5. The van der Waals surface area contributed by atoms with Crippen LogP contribution in [0.25, 0.3) is 0 Å². The second kappa shape index (κ2) is 19.2. The molecule has 0 bridgehead atoms. The number of carboxylic acids is 3. The third-order valence-electron chi connectivity index (χ3n) is 0. The van der Waals surface area contributed by atoms with Gasteiger partial charge >= 0.3 is 8.25 Å². The van der Waals surface area contributed by atoms with Gasteiger partial charge in [0.25, 0.3) is 17.9 Å². The van der Waals surface area contributed by atoms with Gasteiger partial charge in [-0.25, -0.2) is 0 Å². The van der Waals surface area contributed by atoms with Crippen LogP contribution in [0.5, 0.6) is 0 Å². The number of hydrogen-bond acceptors (Lipinski definition) is 4. The number of rotatable bonds is 0. The summed E-state index contributed by atoms with van der Waals surface area (Å²) in [6.45, 7) is 3.25. The van der Waals surface area contributed by atoms with Crippen LogP contribution in [0.3, 0.4) is 0 Å². The highest BCUT2D eigenvalue weighted by Gasteiger charge is 1.66. The quantitative estimate of drug-likeness (QED) is 0.365. The lowest BCUT2D eigenvalue weighted by Gasteiger charge is -1.61. The van der Waals surface area contributed by atoms with Gasteiger partial charge in [0.2, 0.25) is 0 Å². The first-order chi connectivity index (χ1) is 6.93. The van der Waals surface area contributed by atoms with E-state index in [1.807, 2.05) is 0 Å². The zero-order valence-electron chi connectivity index (χ0n) is 8.87. The normalized spacial score (nSPS) is 6.88. The Labute approximate surface area is 91.9 Å². The van der Waals surface area contributed by atoms with Gasteiger partial charge in [-0.15, -0.1) is 0 Å². The fourth-order valence-electron chi connectivity index (χ4n) is 0. The summed E-state index contributed by atoms with van der Waals surface area (Å²) in [6.07, 6.45) is 0. The Morgan fingerprint density at radius 2 is 0.750 bits per heavy atom. The van der Waals surface area contributed by atoms with E-state index in [-0.39, 0.29) is 0 Å². The number of aliphatic carboxylic acids is 3. The summed E-state index contributed by atoms with van der Waals surface area (Å²) < 4.78 is 8.74. The maximum atomic E-state index is 9.00. The molecule has 0 amide bonds. The number of carbonyl (C=O) groups is 3. The van der Waals surface area contributed by atoms with Crippen molar-refractivity contribution in [2.45, 2.75) is 20.8 Å². The molecule has 10 heteroatoms. The van der Waals surface area contributed by atoms with Crippen molar-refractivity contribution in [2.24, 2.45) is 0 Å². The summed E-state index contributed by atoms with van der Waals surface area (Å²) in [6, 6.07) is 0. The van der Waals surface area contributed by atoms with E-state index in [1.165, 1.54) is 0 Å². The standard InChI is InChI=1S/3C2H4O2.H3O3P/c3*1-2(3)4;1-4(2)3/h3*1H3,(H,3,4);4H,(H2,1,2,3). The minimum atomic E-state index is -3.13. The van der Waals surface area contributed by atoms with Gasteiger partial charge in [0.1, 0.15) is 0 Å². The van der Waals surface area contributed by atoms with E-state index in [0.717, 1.165) is 20.8 Å². The van der Waals surface area contributed by atoms with Gasteiger partial charge in [0.05, 0.1) is 0 Å². The average molecular weight is 262 g/mol. The molecule has 0 saturated carbocycles. The molecule has 0 fully saturated rings. The van der Waals surface area contributed by atoms with Crippen molar-refractivity contribution in [3.8, 4) is 0 Å². The molecule has 0 atom stereocenters. The van der Waals surface area contributed by atoms with Crippen LogP contribution in [0, 0.1) is 0 Å². The number of carboxylic acid groups (broad SMARTS) is 3. The third kappa shape index (κ3) is 809. The molecule has 16 heavy (non-hydrogen) atoms. The molecule has 0 aliphatic carbocycles. The Balaban J connectivity index is -0.0000000600. The molecule has 0 aromatic carbocycles. The Hall–Kier alpha value is -1.44. The molecule has 0 spiro atoms. The lowest BCUT2D eigenvalue weighted by molar-refractivity contribution is -0.135. The molecule has 0 rings (SSSR count). The molecule has 0 unspecified atom stereocenters. The summed E-state index contributed by atoms with van der Waals surface area (Å²) >= 11 is 0. The van der Waals surface area contributed by atoms with Gasteiger partial charge in [0.15, 0.2) is 0 Å². The van der Waals surface area contributed by atoms with Crippen molar-refractivity contribution in [2.75, 3.05) is 0 Å². The zero-order chi connectivity index (χ0) is 14.3. The third-order valence-corrected chi connectivity index (χ3v) is 0. The van der Waals surface area contributed by atoms with E-state index in [0.29, 0.717) is 0 Å². The minimum absolute atomic E-state index is 0.833. The average Bonchev–Trinajstić information content (AvgIpc) is 1.76. The van der Waals surface area contributed by atoms with Crippen LogP contribution >= 0.6 is 8.25 Å². The summed E-state index contributed by atoms with van der Waals surface area (Å²) in [7, 11) is -3.13. The summed E-state index contributed by atoms with van der Waals surface area (Å²) in [5, 5.41) is 22.2. The van der Waals surface area contributed by atoms with Crippen LogP contribution in [0.4, 0.5) is 0 Å². The lowest BCUT2D eigenvalue weighted by atomic mass is 10.9. The van der Waals surface area contributed by atoms with Crippen molar-refractivity contribution in [1.29, 1.82) is 0 Å².